The molecule has 0 aliphatic heterocycles. The molecule has 0 saturated carbocycles. The molecule has 11 heteroatoms. The summed E-state index contributed by atoms with van der Waals surface area (Å²) in [6.45, 7) is 0. The highest BCUT2D eigenvalue weighted by Crippen LogP contribution is 2.38. The maximum atomic E-state index is 11.6. The summed E-state index contributed by atoms with van der Waals surface area (Å²) in [5.41, 5.74) is -0.0531. The third-order valence-corrected chi connectivity index (χ3v) is 4.77. The van der Waals surface area contributed by atoms with E-state index in [9.17, 15) is 20.2 Å². The fourth-order valence-electron chi connectivity index (χ4n) is 3.15. The topological polar surface area (TPSA) is 168 Å². The number of hydrogen-bond donors (Lipinski definition) is 1. The average Bonchev–Trinajstić information content (AvgIpc) is 2.84. The largest absolute Gasteiger partial charge is 0.434 e. The Hall–Kier alpha value is -5.55. The lowest BCUT2D eigenvalue weighted by Crippen LogP contribution is -2.04. The Bertz CT molecular complexity index is 1540. The molecule has 1 heterocycles. The van der Waals surface area contributed by atoms with E-state index in [-0.39, 0.29) is 11.6 Å². The lowest BCUT2D eigenvalue weighted by Gasteiger charge is -2.10. The lowest BCUT2D eigenvalue weighted by molar-refractivity contribution is -0.394. The van der Waals surface area contributed by atoms with E-state index >= 15 is 0 Å². The van der Waals surface area contributed by atoms with Gasteiger partial charge in [0.05, 0.1) is 33.1 Å². The van der Waals surface area contributed by atoms with Crippen LogP contribution in [0.3, 0.4) is 0 Å². The molecule has 34 heavy (non-hydrogen) atoms. The van der Waals surface area contributed by atoms with Gasteiger partial charge in [-0.3, -0.25) is 20.2 Å². The Kier molecular flexibility index (Phi) is 5.67. The van der Waals surface area contributed by atoms with Crippen LogP contribution in [-0.4, -0.2) is 14.8 Å². The third-order valence-electron chi connectivity index (χ3n) is 4.77. The molecule has 3 aromatic carbocycles. The molecule has 0 saturated heterocycles. The summed E-state index contributed by atoms with van der Waals surface area (Å²) >= 11 is 0. The summed E-state index contributed by atoms with van der Waals surface area (Å²) in [5.74, 6) is -0.500. The van der Waals surface area contributed by atoms with Crippen molar-refractivity contribution in [1.82, 2.24) is 4.98 Å². The Balaban J connectivity index is 1.76. The minimum Gasteiger partial charge on any atom is -0.434 e. The maximum Gasteiger partial charge on any atom is 0.338 e. The minimum absolute atomic E-state index is 0.214. The van der Waals surface area contributed by atoms with Gasteiger partial charge >= 0.3 is 17.3 Å². The van der Waals surface area contributed by atoms with Gasteiger partial charge in [-0.2, -0.15) is 15.5 Å². The number of nitriles is 2. The fraction of sp³-hybridized carbons (Fsp3) is 0. The van der Waals surface area contributed by atoms with Crippen molar-refractivity contribution in [3.8, 4) is 23.8 Å². The first kappa shape index (κ1) is 21.7. The molecule has 0 bridgehead atoms. The summed E-state index contributed by atoms with van der Waals surface area (Å²) in [5, 5.41) is 45.3. The van der Waals surface area contributed by atoms with Crippen LogP contribution < -0.4 is 10.1 Å². The number of fused-ring (bicyclic) bond motifs is 1. The Morgan fingerprint density at radius 2 is 1.41 bits per heavy atom. The summed E-state index contributed by atoms with van der Waals surface area (Å²) in [4.78, 5) is 25.6. The zero-order valence-corrected chi connectivity index (χ0v) is 17.1. The number of hydrogen-bond acceptors (Lipinski definition) is 9. The first-order chi connectivity index (χ1) is 16.4. The quantitative estimate of drug-likeness (QED) is 0.300. The van der Waals surface area contributed by atoms with Gasteiger partial charge in [0.1, 0.15) is 11.8 Å². The standard InChI is InChI=1S/C23H12N6O5/c24-12-14-2-6-18(7-3-14)26-22-20(28(30)31)11-21(29(32)33)23(27-22)34-19-8-5-16-9-15(13-25)1-4-17(16)10-19/h1-11H,(H,26,27). The Labute approximate surface area is 191 Å². The van der Waals surface area contributed by atoms with Gasteiger partial charge in [0.2, 0.25) is 5.82 Å². The maximum absolute atomic E-state index is 11.6. The number of anilines is 2. The van der Waals surface area contributed by atoms with Crippen LogP contribution >= 0.6 is 0 Å². The van der Waals surface area contributed by atoms with E-state index in [1.165, 1.54) is 24.3 Å². The molecule has 0 unspecified atom stereocenters. The molecular weight excluding hydrogens is 440 g/mol. The number of nitrogens with zero attached hydrogens (tertiary/aromatic N) is 5. The van der Waals surface area contributed by atoms with Gasteiger partial charge in [0.15, 0.2) is 0 Å². The second kappa shape index (κ2) is 8.90. The number of rotatable bonds is 6. The molecule has 0 aliphatic rings. The fourth-order valence-corrected chi connectivity index (χ4v) is 3.15. The molecule has 0 radical (unpaired) electrons. The predicted molar refractivity (Wildman–Crippen MR) is 121 cm³/mol. The van der Waals surface area contributed by atoms with Gasteiger partial charge in [-0.05, 0) is 59.3 Å². The molecule has 0 atom stereocenters. The number of nitro groups is 2. The number of aromatic nitrogens is 1. The minimum atomic E-state index is -0.818. The van der Waals surface area contributed by atoms with Crippen molar-refractivity contribution in [2.24, 2.45) is 0 Å². The number of nitrogens with one attached hydrogen (secondary N) is 1. The smallest absolute Gasteiger partial charge is 0.338 e. The van der Waals surface area contributed by atoms with Gasteiger partial charge in [-0.1, -0.05) is 12.1 Å². The predicted octanol–water partition coefficient (Wildman–Crippen LogP) is 5.33. The van der Waals surface area contributed by atoms with E-state index in [2.05, 4.69) is 10.3 Å². The van der Waals surface area contributed by atoms with Crippen LogP contribution in [0.1, 0.15) is 11.1 Å². The van der Waals surface area contributed by atoms with Crippen molar-refractivity contribution >= 4 is 33.7 Å². The van der Waals surface area contributed by atoms with Crippen LogP contribution in [0.15, 0.2) is 66.7 Å². The monoisotopic (exact) mass is 452 g/mol. The van der Waals surface area contributed by atoms with Gasteiger partial charge in [0, 0.05) is 5.69 Å². The van der Waals surface area contributed by atoms with Crippen LogP contribution in [-0.2, 0) is 0 Å². The number of pyridine rings is 1. The SMILES string of the molecule is N#Cc1ccc(Nc2nc(Oc3ccc4cc(C#N)ccc4c3)c([N+](=O)[O-])cc2[N+](=O)[O-])cc1. The summed E-state index contributed by atoms with van der Waals surface area (Å²) < 4.78 is 5.66. The number of benzene rings is 3. The molecular formula is C23H12N6O5. The van der Waals surface area contributed by atoms with Gasteiger partial charge in [-0.25, -0.2) is 0 Å². The molecule has 11 nitrogen and oxygen atoms in total. The van der Waals surface area contributed by atoms with Crippen molar-refractivity contribution in [1.29, 1.82) is 10.5 Å². The molecule has 1 aromatic heterocycles. The molecule has 4 aromatic rings. The van der Waals surface area contributed by atoms with Crippen LogP contribution in [0.4, 0.5) is 22.9 Å². The van der Waals surface area contributed by atoms with Gasteiger partial charge < -0.3 is 10.1 Å². The third kappa shape index (κ3) is 4.39. The second-order valence-corrected chi connectivity index (χ2v) is 6.95. The average molecular weight is 452 g/mol. The van der Waals surface area contributed by atoms with Crippen molar-refractivity contribution in [2.75, 3.05) is 5.32 Å². The molecule has 4 rings (SSSR count). The molecule has 164 valence electrons. The summed E-state index contributed by atoms with van der Waals surface area (Å²) in [7, 11) is 0. The van der Waals surface area contributed by atoms with E-state index in [1.54, 1.807) is 36.4 Å². The van der Waals surface area contributed by atoms with Crippen LogP contribution in [0, 0.1) is 42.9 Å². The highest BCUT2D eigenvalue weighted by Gasteiger charge is 2.28. The van der Waals surface area contributed by atoms with E-state index in [1.807, 2.05) is 12.1 Å². The van der Waals surface area contributed by atoms with Crippen molar-refractivity contribution in [3.63, 3.8) is 0 Å². The zero-order valence-electron chi connectivity index (χ0n) is 17.1. The summed E-state index contributed by atoms with van der Waals surface area (Å²) in [6.07, 6.45) is 0. The highest BCUT2D eigenvalue weighted by atomic mass is 16.6. The van der Waals surface area contributed by atoms with E-state index in [4.69, 9.17) is 15.3 Å². The number of ether oxygens (including phenoxy) is 1. The molecule has 0 amide bonds. The van der Waals surface area contributed by atoms with Crippen molar-refractivity contribution < 1.29 is 14.6 Å². The van der Waals surface area contributed by atoms with E-state index in [0.717, 1.165) is 16.8 Å². The van der Waals surface area contributed by atoms with Gasteiger partial charge in [-0.15, -0.1) is 0 Å². The molecule has 0 fully saturated rings. The second-order valence-electron chi connectivity index (χ2n) is 6.95. The molecule has 0 aliphatic carbocycles. The van der Waals surface area contributed by atoms with Gasteiger partial charge in [0.25, 0.3) is 0 Å². The van der Waals surface area contributed by atoms with Crippen LogP contribution in [0.25, 0.3) is 10.8 Å². The first-order valence-corrected chi connectivity index (χ1v) is 9.60. The Morgan fingerprint density at radius 3 is 2.06 bits per heavy atom. The Morgan fingerprint density at radius 1 is 0.794 bits per heavy atom. The molecule has 0 spiro atoms. The van der Waals surface area contributed by atoms with E-state index in [0.29, 0.717) is 16.8 Å². The van der Waals surface area contributed by atoms with Crippen molar-refractivity contribution in [2.45, 2.75) is 0 Å². The first-order valence-electron chi connectivity index (χ1n) is 9.60. The van der Waals surface area contributed by atoms with Crippen molar-refractivity contribution in [3.05, 3.63) is 98.1 Å². The highest BCUT2D eigenvalue weighted by molar-refractivity contribution is 5.85. The van der Waals surface area contributed by atoms with E-state index < -0.39 is 27.1 Å². The lowest BCUT2D eigenvalue weighted by atomic mass is 10.1. The van der Waals surface area contributed by atoms with Crippen LogP contribution in [0.2, 0.25) is 0 Å². The summed E-state index contributed by atoms with van der Waals surface area (Å²) in [6, 6.07) is 20.7. The van der Waals surface area contributed by atoms with Crippen LogP contribution in [0.5, 0.6) is 11.6 Å². The normalized spacial score (nSPS) is 10.2. The zero-order chi connectivity index (χ0) is 24.2. The molecule has 1 N–H and O–H groups in total.